The topological polar surface area (TPSA) is 72.5 Å². The number of nitrogens with one attached hydrogen (secondary N) is 1. The van der Waals surface area contributed by atoms with Gasteiger partial charge >= 0.3 is 5.97 Å². The lowest BCUT2D eigenvalue weighted by molar-refractivity contribution is -0.144. The molecule has 1 aromatic carbocycles. The lowest BCUT2D eigenvalue weighted by Gasteiger charge is -2.40. The Kier molecular flexibility index (Phi) is 5.27. The summed E-state index contributed by atoms with van der Waals surface area (Å²) in [4.78, 5) is 24.7. The average Bonchev–Trinajstić information content (AvgIpc) is 3.34. The van der Waals surface area contributed by atoms with Crippen LogP contribution in [0.2, 0.25) is 0 Å². The third-order valence-corrected chi connectivity index (χ3v) is 6.02. The predicted molar refractivity (Wildman–Crippen MR) is 105 cm³/mol. The van der Waals surface area contributed by atoms with Crippen molar-refractivity contribution in [3.8, 4) is 11.4 Å². The zero-order valence-electron chi connectivity index (χ0n) is 15.9. The third-order valence-electron chi connectivity index (χ3n) is 6.02. The van der Waals surface area contributed by atoms with Crippen LogP contribution >= 0.6 is 0 Å². The van der Waals surface area contributed by atoms with Crippen molar-refractivity contribution in [2.24, 2.45) is 0 Å². The number of aromatic amines is 1. The van der Waals surface area contributed by atoms with Crippen LogP contribution in [0.15, 0.2) is 30.3 Å². The maximum atomic E-state index is 12.1. The van der Waals surface area contributed by atoms with E-state index in [-0.39, 0.29) is 0 Å². The van der Waals surface area contributed by atoms with Gasteiger partial charge in [-0.25, -0.2) is 4.98 Å². The van der Waals surface area contributed by atoms with Gasteiger partial charge in [-0.15, -0.1) is 0 Å². The van der Waals surface area contributed by atoms with Gasteiger partial charge in [-0.2, -0.15) is 0 Å². The van der Waals surface area contributed by atoms with Gasteiger partial charge in [-0.3, -0.25) is 14.6 Å². The molecule has 1 aromatic heterocycles. The molecule has 2 aliphatic rings. The van der Waals surface area contributed by atoms with E-state index >= 15 is 0 Å². The molecule has 4 rings (SSSR count). The maximum Gasteiger partial charge on any atom is 0.327 e. The number of carboxylic acids is 1. The first kappa shape index (κ1) is 18.2. The number of carboxylic acid groups (broad SMARTS) is 1. The van der Waals surface area contributed by atoms with Crippen molar-refractivity contribution in [2.75, 3.05) is 26.2 Å². The third kappa shape index (κ3) is 3.77. The van der Waals surface area contributed by atoms with E-state index in [1.54, 1.807) is 0 Å². The number of hydrogen-bond donors (Lipinski definition) is 2. The van der Waals surface area contributed by atoms with Gasteiger partial charge in [0, 0.05) is 43.5 Å². The minimum absolute atomic E-state index is 0.635. The quantitative estimate of drug-likeness (QED) is 0.849. The summed E-state index contributed by atoms with van der Waals surface area (Å²) in [5, 5.41) is 9.95. The number of imidazole rings is 1. The second-order valence-electron chi connectivity index (χ2n) is 7.71. The second kappa shape index (κ2) is 7.82. The zero-order valence-corrected chi connectivity index (χ0v) is 15.9. The molecule has 1 aliphatic carbocycles. The molecular formula is C21H28N4O2. The molecule has 27 heavy (non-hydrogen) atoms. The average molecular weight is 368 g/mol. The van der Waals surface area contributed by atoms with E-state index in [4.69, 9.17) is 0 Å². The molecule has 2 heterocycles. The van der Waals surface area contributed by atoms with Gasteiger partial charge in [-0.05, 0) is 19.8 Å². The number of H-pyrrole nitrogens is 1. The Bertz CT molecular complexity index is 775. The van der Waals surface area contributed by atoms with E-state index in [1.165, 1.54) is 25.7 Å². The van der Waals surface area contributed by atoms with Crippen molar-refractivity contribution in [2.45, 2.75) is 44.7 Å². The van der Waals surface area contributed by atoms with Crippen LogP contribution in [0.5, 0.6) is 0 Å². The highest BCUT2D eigenvalue weighted by molar-refractivity contribution is 5.76. The molecule has 2 aromatic rings. The van der Waals surface area contributed by atoms with Crippen LogP contribution in [0.3, 0.4) is 0 Å². The fraction of sp³-hybridized carbons (Fsp3) is 0.524. The number of piperazine rings is 1. The van der Waals surface area contributed by atoms with Crippen LogP contribution in [0.25, 0.3) is 11.4 Å². The van der Waals surface area contributed by atoms with Crippen LogP contribution in [0.4, 0.5) is 0 Å². The zero-order chi connectivity index (χ0) is 18.8. The molecule has 2 N–H and O–H groups in total. The van der Waals surface area contributed by atoms with Crippen molar-refractivity contribution in [1.82, 2.24) is 19.8 Å². The van der Waals surface area contributed by atoms with E-state index in [9.17, 15) is 9.90 Å². The lowest BCUT2D eigenvalue weighted by Crippen LogP contribution is -2.51. The van der Waals surface area contributed by atoms with Crippen LogP contribution in [0, 0.1) is 6.92 Å². The molecule has 144 valence electrons. The van der Waals surface area contributed by atoms with Crippen molar-refractivity contribution >= 4 is 5.97 Å². The van der Waals surface area contributed by atoms with E-state index in [2.05, 4.69) is 19.8 Å². The summed E-state index contributed by atoms with van der Waals surface area (Å²) in [5.41, 5.74) is 2.44. The largest absolute Gasteiger partial charge is 0.480 e. The van der Waals surface area contributed by atoms with E-state index < -0.39 is 12.0 Å². The molecule has 1 aliphatic heterocycles. The van der Waals surface area contributed by atoms with Crippen LogP contribution in [-0.4, -0.2) is 63.1 Å². The Morgan fingerprint density at radius 1 is 1.15 bits per heavy atom. The number of nitrogens with zero attached hydrogens (tertiary/aromatic N) is 3. The summed E-state index contributed by atoms with van der Waals surface area (Å²) < 4.78 is 0. The van der Waals surface area contributed by atoms with Gasteiger partial charge in [0.15, 0.2) is 6.04 Å². The first-order chi connectivity index (χ1) is 13.1. The number of aromatic nitrogens is 2. The molecule has 0 spiro atoms. The molecule has 1 atom stereocenters. The summed E-state index contributed by atoms with van der Waals surface area (Å²) in [7, 11) is 0. The second-order valence-corrected chi connectivity index (χ2v) is 7.71. The first-order valence-corrected chi connectivity index (χ1v) is 9.96. The fourth-order valence-corrected chi connectivity index (χ4v) is 4.55. The molecule has 0 amide bonds. The number of benzene rings is 1. The molecule has 1 saturated carbocycles. The SMILES string of the molecule is Cc1[nH]c(-c2ccccc2)nc1C(C(=O)O)N1CCN(C2CCCC2)CC1. The minimum Gasteiger partial charge on any atom is -0.480 e. The minimum atomic E-state index is -0.821. The number of hydrogen-bond acceptors (Lipinski definition) is 4. The predicted octanol–water partition coefficient (Wildman–Crippen LogP) is 3.07. The Hall–Kier alpha value is -2.18. The van der Waals surface area contributed by atoms with Crippen molar-refractivity contribution in [3.05, 3.63) is 41.7 Å². The van der Waals surface area contributed by atoms with Gasteiger partial charge in [0.05, 0.1) is 5.69 Å². The lowest BCUT2D eigenvalue weighted by atomic mass is 10.1. The van der Waals surface area contributed by atoms with Crippen LogP contribution < -0.4 is 0 Å². The molecule has 1 saturated heterocycles. The monoisotopic (exact) mass is 368 g/mol. The number of rotatable bonds is 5. The molecule has 6 nitrogen and oxygen atoms in total. The molecular weight excluding hydrogens is 340 g/mol. The molecule has 2 fully saturated rings. The van der Waals surface area contributed by atoms with Gasteiger partial charge in [0.1, 0.15) is 5.82 Å². The van der Waals surface area contributed by atoms with Crippen LogP contribution in [0.1, 0.15) is 43.1 Å². The molecule has 6 heteroatoms. The standard InChI is InChI=1S/C21H28N4O2/c1-15-18(23-20(22-15)16-7-3-2-4-8-16)19(21(26)27)25-13-11-24(12-14-25)17-9-5-6-10-17/h2-4,7-8,17,19H,5-6,9-14H2,1H3,(H,22,23)(H,26,27). The Morgan fingerprint density at radius 2 is 1.81 bits per heavy atom. The smallest absolute Gasteiger partial charge is 0.327 e. The Balaban J connectivity index is 1.52. The first-order valence-electron chi connectivity index (χ1n) is 9.96. The Labute approximate surface area is 160 Å². The highest BCUT2D eigenvalue weighted by atomic mass is 16.4. The molecule has 1 unspecified atom stereocenters. The fourth-order valence-electron chi connectivity index (χ4n) is 4.55. The molecule has 0 radical (unpaired) electrons. The maximum absolute atomic E-state index is 12.1. The summed E-state index contributed by atoms with van der Waals surface area (Å²) in [5.74, 6) is -0.0857. The summed E-state index contributed by atoms with van der Waals surface area (Å²) in [6, 6.07) is 9.87. The number of aliphatic carboxylic acids is 1. The summed E-state index contributed by atoms with van der Waals surface area (Å²) in [6.45, 7) is 5.37. The van der Waals surface area contributed by atoms with Gasteiger partial charge < -0.3 is 10.1 Å². The van der Waals surface area contributed by atoms with Crippen LogP contribution in [-0.2, 0) is 4.79 Å². The van der Waals surface area contributed by atoms with Gasteiger partial charge in [0.2, 0.25) is 0 Å². The van der Waals surface area contributed by atoms with Crippen molar-refractivity contribution in [1.29, 1.82) is 0 Å². The highest BCUT2D eigenvalue weighted by Crippen LogP contribution is 2.29. The summed E-state index contributed by atoms with van der Waals surface area (Å²) in [6.07, 6.45) is 5.25. The van der Waals surface area contributed by atoms with Crippen molar-refractivity contribution < 1.29 is 9.90 Å². The number of carbonyl (C=O) groups is 1. The highest BCUT2D eigenvalue weighted by Gasteiger charge is 2.35. The Morgan fingerprint density at radius 3 is 2.44 bits per heavy atom. The van der Waals surface area contributed by atoms with E-state index in [0.717, 1.165) is 43.3 Å². The molecule has 0 bridgehead atoms. The normalized spacial score (nSPS) is 20.8. The van der Waals surface area contributed by atoms with Gasteiger partial charge in [0.25, 0.3) is 0 Å². The van der Waals surface area contributed by atoms with Gasteiger partial charge in [-0.1, -0.05) is 43.2 Å². The number of aryl methyl sites for hydroxylation is 1. The van der Waals surface area contributed by atoms with E-state index in [1.807, 2.05) is 37.3 Å². The summed E-state index contributed by atoms with van der Waals surface area (Å²) >= 11 is 0. The van der Waals surface area contributed by atoms with Crippen molar-refractivity contribution in [3.63, 3.8) is 0 Å². The van der Waals surface area contributed by atoms with E-state index in [0.29, 0.717) is 11.7 Å².